The zero-order valence-electron chi connectivity index (χ0n) is 12.9. The van der Waals surface area contributed by atoms with Gasteiger partial charge in [0.05, 0.1) is 11.2 Å². The Balaban J connectivity index is 1.88. The summed E-state index contributed by atoms with van der Waals surface area (Å²) in [5.74, 6) is -0.123. The summed E-state index contributed by atoms with van der Waals surface area (Å²) in [6, 6.07) is 16.9. The van der Waals surface area contributed by atoms with Crippen LogP contribution in [0.25, 0.3) is 10.9 Å². The van der Waals surface area contributed by atoms with E-state index >= 15 is 0 Å². The number of ketones is 1. The molecule has 0 aliphatic heterocycles. The van der Waals surface area contributed by atoms with E-state index in [2.05, 4.69) is 15.5 Å². The van der Waals surface area contributed by atoms with Gasteiger partial charge in [0.25, 0.3) is 0 Å². The van der Waals surface area contributed by atoms with Crippen molar-refractivity contribution >= 4 is 50.8 Å². The van der Waals surface area contributed by atoms with Crippen molar-refractivity contribution in [3.63, 3.8) is 0 Å². The van der Waals surface area contributed by atoms with E-state index in [-0.39, 0.29) is 5.78 Å². The molecule has 0 saturated heterocycles. The van der Waals surface area contributed by atoms with Gasteiger partial charge in [-0.05, 0) is 30.3 Å². The number of anilines is 1. The first-order valence-electron chi connectivity index (χ1n) is 7.25. The summed E-state index contributed by atoms with van der Waals surface area (Å²) >= 11 is 7.24. The number of aromatic nitrogens is 1. The number of Topliss-reactive ketones (excluding diaryl/α,β-unsaturated/α-hetero) is 1. The van der Waals surface area contributed by atoms with Gasteiger partial charge in [-0.1, -0.05) is 47.6 Å². The van der Waals surface area contributed by atoms with E-state index in [1.807, 2.05) is 42.5 Å². The van der Waals surface area contributed by atoms with Crippen LogP contribution in [0.5, 0.6) is 0 Å². The summed E-state index contributed by atoms with van der Waals surface area (Å²) in [5, 5.41) is 6.21. The predicted molar refractivity (Wildman–Crippen MR) is 101 cm³/mol. The number of pyridine rings is 1. The second-order valence-corrected chi connectivity index (χ2v) is 6.50. The molecule has 3 rings (SSSR count). The van der Waals surface area contributed by atoms with Gasteiger partial charge in [0, 0.05) is 28.4 Å². The standard InChI is InChI=1S/C18H14ClN3OS/c1-12(23)18(22-21-15-8-3-7-14(19)11-15)24-16-9-2-5-13-6-4-10-20-17(13)16/h2-11,21H,1H3/b22-18-. The first-order chi connectivity index (χ1) is 11.6. The topological polar surface area (TPSA) is 54.4 Å². The van der Waals surface area contributed by atoms with Gasteiger partial charge in [0.1, 0.15) is 0 Å². The fourth-order valence-corrected chi connectivity index (χ4v) is 3.16. The van der Waals surface area contributed by atoms with Crippen LogP contribution < -0.4 is 5.43 Å². The van der Waals surface area contributed by atoms with Gasteiger partial charge in [-0.3, -0.25) is 15.2 Å². The minimum atomic E-state index is -0.123. The van der Waals surface area contributed by atoms with Crippen LogP contribution in [0.1, 0.15) is 6.92 Å². The monoisotopic (exact) mass is 355 g/mol. The van der Waals surface area contributed by atoms with Crippen molar-refractivity contribution in [3.05, 3.63) is 65.8 Å². The Labute approximate surface area is 148 Å². The Morgan fingerprint density at radius 3 is 2.75 bits per heavy atom. The van der Waals surface area contributed by atoms with Crippen molar-refractivity contribution in [1.82, 2.24) is 4.98 Å². The minimum absolute atomic E-state index is 0.123. The quantitative estimate of drug-likeness (QED) is 0.310. The number of fused-ring (bicyclic) bond motifs is 1. The lowest BCUT2D eigenvalue weighted by Crippen LogP contribution is -2.08. The summed E-state index contributed by atoms with van der Waals surface area (Å²) in [4.78, 5) is 17.2. The molecule has 1 aromatic heterocycles. The maximum atomic E-state index is 11.9. The highest BCUT2D eigenvalue weighted by molar-refractivity contribution is 8.15. The molecule has 1 heterocycles. The number of para-hydroxylation sites is 1. The summed E-state index contributed by atoms with van der Waals surface area (Å²) < 4.78 is 0. The number of thioether (sulfide) groups is 1. The fourth-order valence-electron chi connectivity index (χ4n) is 2.11. The highest BCUT2D eigenvalue weighted by Gasteiger charge is 2.12. The summed E-state index contributed by atoms with van der Waals surface area (Å²) in [7, 11) is 0. The number of hydrogen-bond acceptors (Lipinski definition) is 5. The van der Waals surface area contributed by atoms with E-state index in [9.17, 15) is 4.79 Å². The molecule has 120 valence electrons. The molecule has 3 aromatic rings. The van der Waals surface area contributed by atoms with Gasteiger partial charge in [0.15, 0.2) is 10.8 Å². The lowest BCUT2D eigenvalue weighted by Gasteiger charge is -2.07. The number of carbonyl (C=O) groups is 1. The maximum absolute atomic E-state index is 11.9. The van der Waals surface area contributed by atoms with E-state index in [4.69, 9.17) is 11.6 Å². The van der Waals surface area contributed by atoms with Gasteiger partial charge >= 0.3 is 0 Å². The molecule has 24 heavy (non-hydrogen) atoms. The molecule has 0 bridgehead atoms. The third-order valence-corrected chi connectivity index (χ3v) is 4.57. The minimum Gasteiger partial charge on any atom is -0.292 e. The molecule has 2 aromatic carbocycles. The molecule has 0 aliphatic carbocycles. The van der Waals surface area contributed by atoms with Crippen LogP contribution >= 0.6 is 23.4 Å². The second-order valence-electron chi connectivity index (χ2n) is 5.03. The number of nitrogens with one attached hydrogen (secondary N) is 1. The van der Waals surface area contributed by atoms with Crippen molar-refractivity contribution in [3.8, 4) is 0 Å². The molecule has 4 nitrogen and oxygen atoms in total. The van der Waals surface area contributed by atoms with E-state index in [1.165, 1.54) is 18.7 Å². The second kappa shape index (κ2) is 7.47. The Hall–Kier alpha value is -2.37. The van der Waals surface area contributed by atoms with Crippen LogP contribution in [0, 0.1) is 0 Å². The van der Waals surface area contributed by atoms with Crippen molar-refractivity contribution in [1.29, 1.82) is 0 Å². The zero-order valence-corrected chi connectivity index (χ0v) is 14.4. The number of rotatable bonds is 4. The first kappa shape index (κ1) is 16.5. The molecule has 0 aliphatic rings. The molecule has 0 radical (unpaired) electrons. The summed E-state index contributed by atoms with van der Waals surface area (Å²) in [6.45, 7) is 1.49. The Bertz CT molecular complexity index is 922. The Kier molecular flexibility index (Phi) is 5.13. The predicted octanol–water partition coefficient (Wildman–Crippen LogP) is 4.99. The van der Waals surface area contributed by atoms with Crippen molar-refractivity contribution in [2.75, 3.05) is 5.43 Å². The van der Waals surface area contributed by atoms with Crippen molar-refractivity contribution < 1.29 is 4.79 Å². The molecule has 0 atom stereocenters. The van der Waals surface area contributed by atoms with Gasteiger partial charge in [0.2, 0.25) is 0 Å². The fraction of sp³-hybridized carbons (Fsp3) is 0.0556. The van der Waals surface area contributed by atoms with E-state index < -0.39 is 0 Å². The highest BCUT2D eigenvalue weighted by atomic mass is 35.5. The molecule has 6 heteroatoms. The van der Waals surface area contributed by atoms with Crippen molar-refractivity contribution in [2.24, 2.45) is 5.10 Å². The van der Waals surface area contributed by atoms with Gasteiger partial charge in [-0.2, -0.15) is 5.10 Å². The average Bonchev–Trinajstić information content (AvgIpc) is 2.58. The van der Waals surface area contributed by atoms with E-state index in [0.717, 1.165) is 21.5 Å². The first-order valence-corrected chi connectivity index (χ1v) is 8.45. The van der Waals surface area contributed by atoms with Crippen LogP contribution in [0.15, 0.2) is 70.8 Å². The zero-order chi connectivity index (χ0) is 16.9. The van der Waals surface area contributed by atoms with Crippen molar-refractivity contribution in [2.45, 2.75) is 11.8 Å². The molecule has 0 amide bonds. The summed E-state index contributed by atoms with van der Waals surface area (Å²) in [5.41, 5.74) is 4.45. The number of hydrazone groups is 1. The number of nitrogens with zero attached hydrogens (tertiary/aromatic N) is 2. The molecular formula is C18H14ClN3OS. The molecular weight excluding hydrogens is 342 g/mol. The van der Waals surface area contributed by atoms with E-state index in [1.54, 1.807) is 18.3 Å². The molecule has 0 fully saturated rings. The normalized spacial score (nSPS) is 11.5. The third kappa shape index (κ3) is 3.93. The summed E-state index contributed by atoms with van der Waals surface area (Å²) in [6.07, 6.45) is 1.74. The largest absolute Gasteiger partial charge is 0.292 e. The van der Waals surface area contributed by atoms with Crippen LogP contribution in [-0.4, -0.2) is 15.8 Å². The maximum Gasteiger partial charge on any atom is 0.186 e. The van der Waals surface area contributed by atoms with Crippen LogP contribution in [-0.2, 0) is 4.79 Å². The average molecular weight is 356 g/mol. The third-order valence-electron chi connectivity index (χ3n) is 3.21. The van der Waals surface area contributed by atoms with Gasteiger partial charge in [-0.15, -0.1) is 0 Å². The Morgan fingerprint density at radius 2 is 1.96 bits per heavy atom. The number of carbonyl (C=O) groups excluding carboxylic acids is 1. The molecule has 0 unspecified atom stereocenters. The van der Waals surface area contributed by atoms with Crippen LogP contribution in [0.4, 0.5) is 5.69 Å². The van der Waals surface area contributed by atoms with Crippen LogP contribution in [0.3, 0.4) is 0 Å². The molecule has 1 N–H and O–H groups in total. The van der Waals surface area contributed by atoms with Gasteiger partial charge < -0.3 is 0 Å². The lowest BCUT2D eigenvalue weighted by atomic mass is 10.2. The number of benzene rings is 2. The molecule has 0 saturated carbocycles. The van der Waals surface area contributed by atoms with Crippen LogP contribution in [0.2, 0.25) is 5.02 Å². The lowest BCUT2D eigenvalue weighted by molar-refractivity contribution is -0.110. The molecule has 0 spiro atoms. The number of halogens is 1. The SMILES string of the molecule is CC(=O)/C(=N/Nc1cccc(Cl)c1)Sc1cccc2cccnc12. The highest BCUT2D eigenvalue weighted by Crippen LogP contribution is 2.27. The van der Waals surface area contributed by atoms with E-state index in [0.29, 0.717) is 10.1 Å². The Morgan fingerprint density at radius 1 is 1.17 bits per heavy atom. The van der Waals surface area contributed by atoms with Gasteiger partial charge in [-0.25, -0.2) is 0 Å². The number of hydrogen-bond donors (Lipinski definition) is 1. The smallest absolute Gasteiger partial charge is 0.186 e.